The fourth-order valence-corrected chi connectivity index (χ4v) is 6.63. The predicted octanol–water partition coefficient (Wildman–Crippen LogP) is 5.91. The maximum Gasteiger partial charge on any atom is 0.322 e. The maximum absolute atomic E-state index is 13.4. The summed E-state index contributed by atoms with van der Waals surface area (Å²) in [5, 5.41) is 3.16. The van der Waals surface area contributed by atoms with Crippen LogP contribution < -0.4 is 10.1 Å². The molecule has 2 amide bonds. The van der Waals surface area contributed by atoms with E-state index in [2.05, 4.69) is 21.2 Å². The van der Waals surface area contributed by atoms with E-state index in [1.165, 1.54) is 37.8 Å². The molecule has 3 heterocycles. The zero-order valence-corrected chi connectivity index (χ0v) is 19.2. The molecule has 3 fully saturated rings. The standard InChI is InChI=1S/C28H33N3O2/c32-28(29-23-11-13-25(14-12-23)33-24-8-2-1-3-9-24)31-16-6-7-20-17-21-18-22(27(20)31)19-30-15-5-4-10-26(21)30/h1-3,8-9,11-14,17,21-22,26-27H,4-7,10,15-16,18-19H2,(H,29,32)/t21-,22-,26-,27-/m0/s1. The van der Waals surface area contributed by atoms with Gasteiger partial charge in [0.1, 0.15) is 11.5 Å². The second-order valence-electron chi connectivity index (χ2n) is 10.1. The Bertz CT molecular complexity index is 1020. The summed E-state index contributed by atoms with van der Waals surface area (Å²) in [5.74, 6) is 2.83. The molecule has 5 heteroatoms. The quantitative estimate of drug-likeness (QED) is 0.600. The highest BCUT2D eigenvalue weighted by molar-refractivity contribution is 5.90. The minimum absolute atomic E-state index is 0.0292. The lowest BCUT2D eigenvalue weighted by Gasteiger charge is -2.54. The van der Waals surface area contributed by atoms with Gasteiger partial charge in [-0.05, 0) is 86.9 Å². The molecule has 5 nitrogen and oxygen atoms in total. The van der Waals surface area contributed by atoms with Crippen molar-refractivity contribution in [2.75, 3.05) is 25.0 Å². The van der Waals surface area contributed by atoms with Crippen LogP contribution in [0.15, 0.2) is 66.2 Å². The molecule has 2 aromatic rings. The first kappa shape index (κ1) is 20.8. The lowest BCUT2D eigenvalue weighted by Crippen LogP contribution is -2.60. The summed E-state index contributed by atoms with van der Waals surface area (Å²) in [5.41, 5.74) is 2.33. The molecule has 2 bridgehead atoms. The minimum atomic E-state index is 0.0292. The van der Waals surface area contributed by atoms with Crippen molar-refractivity contribution in [2.24, 2.45) is 11.8 Å². The number of amides is 2. The number of hydrogen-bond donors (Lipinski definition) is 1. The molecule has 0 aromatic heterocycles. The summed E-state index contributed by atoms with van der Waals surface area (Å²) in [6.07, 6.45) is 10.1. The van der Waals surface area contributed by atoms with Gasteiger partial charge in [0.25, 0.3) is 0 Å². The lowest BCUT2D eigenvalue weighted by atomic mass is 9.68. The van der Waals surface area contributed by atoms with Gasteiger partial charge in [-0.25, -0.2) is 4.79 Å². The molecule has 2 aromatic carbocycles. The van der Waals surface area contributed by atoms with E-state index >= 15 is 0 Å². The van der Waals surface area contributed by atoms with Crippen LogP contribution in [-0.4, -0.2) is 47.5 Å². The van der Waals surface area contributed by atoms with E-state index in [1.807, 2.05) is 54.6 Å². The third-order valence-corrected chi connectivity index (χ3v) is 8.00. The molecular formula is C28H33N3O2. The monoisotopic (exact) mass is 443 g/mol. The van der Waals surface area contributed by atoms with E-state index in [0.717, 1.165) is 49.2 Å². The van der Waals surface area contributed by atoms with Gasteiger partial charge in [0.05, 0.1) is 6.04 Å². The molecule has 172 valence electrons. The molecule has 0 spiro atoms. The number of carbonyl (C=O) groups excluding carboxylic acids is 1. The number of hydrogen-bond acceptors (Lipinski definition) is 3. The number of likely N-dealkylation sites (tertiary alicyclic amines) is 1. The highest BCUT2D eigenvalue weighted by Crippen LogP contribution is 2.45. The van der Waals surface area contributed by atoms with E-state index in [9.17, 15) is 4.79 Å². The van der Waals surface area contributed by atoms with Crippen LogP contribution >= 0.6 is 0 Å². The number of benzene rings is 2. The maximum atomic E-state index is 13.4. The van der Waals surface area contributed by atoms with Gasteiger partial charge < -0.3 is 15.0 Å². The fraction of sp³-hybridized carbons (Fsp3) is 0.464. The average Bonchev–Trinajstić information content (AvgIpc) is 2.85. The summed E-state index contributed by atoms with van der Waals surface area (Å²) in [6.45, 7) is 3.23. The van der Waals surface area contributed by atoms with Crippen LogP contribution in [0.2, 0.25) is 0 Å². The van der Waals surface area contributed by atoms with Crippen molar-refractivity contribution in [3.05, 3.63) is 66.2 Å². The average molecular weight is 444 g/mol. The Morgan fingerprint density at radius 1 is 0.939 bits per heavy atom. The normalized spacial score (nSPS) is 28.8. The van der Waals surface area contributed by atoms with Gasteiger partial charge in [-0.2, -0.15) is 0 Å². The molecule has 33 heavy (non-hydrogen) atoms. The highest BCUT2D eigenvalue weighted by Gasteiger charge is 2.46. The largest absolute Gasteiger partial charge is 0.457 e. The first-order chi connectivity index (χ1) is 16.2. The molecule has 1 aliphatic carbocycles. The van der Waals surface area contributed by atoms with Gasteiger partial charge in [0.15, 0.2) is 0 Å². The summed E-state index contributed by atoms with van der Waals surface area (Å²) < 4.78 is 5.88. The van der Waals surface area contributed by atoms with Crippen LogP contribution in [-0.2, 0) is 0 Å². The van der Waals surface area contributed by atoms with Gasteiger partial charge in [0, 0.05) is 24.8 Å². The molecule has 0 radical (unpaired) electrons. The molecule has 4 atom stereocenters. The summed E-state index contributed by atoms with van der Waals surface area (Å²) >= 11 is 0. The van der Waals surface area contributed by atoms with E-state index in [1.54, 1.807) is 0 Å². The molecule has 6 rings (SSSR count). The number of rotatable bonds is 3. The van der Waals surface area contributed by atoms with Crippen molar-refractivity contribution >= 4 is 11.7 Å². The Labute approximate surface area is 196 Å². The van der Waals surface area contributed by atoms with E-state index in [-0.39, 0.29) is 12.1 Å². The van der Waals surface area contributed by atoms with Crippen LogP contribution in [0, 0.1) is 11.8 Å². The number of ether oxygens (including phenoxy) is 1. The number of fused-ring (bicyclic) bond motifs is 6. The second-order valence-corrected chi connectivity index (χ2v) is 10.1. The molecule has 1 N–H and O–H groups in total. The number of para-hydroxylation sites is 1. The summed E-state index contributed by atoms with van der Waals surface area (Å²) in [4.78, 5) is 18.2. The third kappa shape index (κ3) is 4.15. The van der Waals surface area contributed by atoms with Crippen molar-refractivity contribution in [3.63, 3.8) is 0 Å². The van der Waals surface area contributed by atoms with Gasteiger partial charge in [-0.15, -0.1) is 0 Å². The van der Waals surface area contributed by atoms with Crippen molar-refractivity contribution in [2.45, 2.75) is 50.6 Å². The van der Waals surface area contributed by atoms with Gasteiger partial charge in [-0.1, -0.05) is 36.3 Å². The molecular weight excluding hydrogens is 410 g/mol. The Morgan fingerprint density at radius 2 is 1.76 bits per heavy atom. The SMILES string of the molecule is O=C(Nc1ccc(Oc2ccccc2)cc1)N1CCCC2=C[C@H]3C[C@@H](CN4CCCC[C@@H]34)[C@H]21. The number of nitrogens with zero attached hydrogens (tertiary/aromatic N) is 2. The Hall–Kier alpha value is -2.79. The molecule has 3 saturated heterocycles. The smallest absolute Gasteiger partial charge is 0.322 e. The topological polar surface area (TPSA) is 44.8 Å². The number of anilines is 1. The Balaban J connectivity index is 1.15. The van der Waals surface area contributed by atoms with E-state index in [0.29, 0.717) is 11.8 Å². The highest BCUT2D eigenvalue weighted by atomic mass is 16.5. The molecule has 3 aliphatic heterocycles. The van der Waals surface area contributed by atoms with Crippen LogP contribution in [0.5, 0.6) is 11.5 Å². The van der Waals surface area contributed by atoms with Crippen molar-refractivity contribution in [1.82, 2.24) is 9.80 Å². The molecule has 0 saturated carbocycles. The second kappa shape index (κ2) is 8.86. The first-order valence-corrected chi connectivity index (χ1v) is 12.6. The molecule has 0 unspecified atom stereocenters. The molecule has 4 aliphatic rings. The van der Waals surface area contributed by atoms with Gasteiger partial charge >= 0.3 is 6.03 Å². The Kier molecular flexibility index (Phi) is 5.58. The predicted molar refractivity (Wildman–Crippen MR) is 131 cm³/mol. The van der Waals surface area contributed by atoms with Gasteiger partial charge in [0.2, 0.25) is 0 Å². The number of nitrogens with one attached hydrogen (secondary N) is 1. The zero-order chi connectivity index (χ0) is 22.2. The van der Waals surface area contributed by atoms with E-state index < -0.39 is 0 Å². The minimum Gasteiger partial charge on any atom is -0.457 e. The fourth-order valence-electron chi connectivity index (χ4n) is 6.63. The van der Waals surface area contributed by atoms with E-state index in [4.69, 9.17) is 4.74 Å². The number of piperidine rings is 3. The van der Waals surface area contributed by atoms with Crippen LogP contribution in [0.1, 0.15) is 38.5 Å². The van der Waals surface area contributed by atoms with Crippen molar-refractivity contribution in [3.8, 4) is 11.5 Å². The Morgan fingerprint density at radius 3 is 2.61 bits per heavy atom. The van der Waals surface area contributed by atoms with Gasteiger partial charge in [-0.3, -0.25) is 4.90 Å². The van der Waals surface area contributed by atoms with Crippen LogP contribution in [0.3, 0.4) is 0 Å². The number of urea groups is 1. The number of carbonyl (C=O) groups is 1. The van der Waals surface area contributed by atoms with Crippen molar-refractivity contribution in [1.29, 1.82) is 0 Å². The summed E-state index contributed by atoms with van der Waals surface area (Å²) in [7, 11) is 0. The van der Waals surface area contributed by atoms with Crippen LogP contribution in [0.4, 0.5) is 10.5 Å². The van der Waals surface area contributed by atoms with Crippen LogP contribution in [0.25, 0.3) is 0 Å². The summed E-state index contributed by atoms with van der Waals surface area (Å²) in [6, 6.07) is 18.4. The third-order valence-electron chi connectivity index (χ3n) is 8.00. The first-order valence-electron chi connectivity index (χ1n) is 12.6. The van der Waals surface area contributed by atoms with Crippen molar-refractivity contribution < 1.29 is 9.53 Å². The lowest BCUT2D eigenvalue weighted by molar-refractivity contribution is 0.00908. The zero-order valence-electron chi connectivity index (χ0n) is 19.2.